The van der Waals surface area contributed by atoms with Gasteiger partial charge in [-0.15, -0.1) is 0 Å². The quantitative estimate of drug-likeness (QED) is 0.446. The molecule has 0 atom stereocenters. The Morgan fingerprint density at radius 1 is 1.07 bits per heavy atom. The molecule has 10 heteroatoms. The summed E-state index contributed by atoms with van der Waals surface area (Å²) in [6.07, 6.45) is 3.71. The first-order chi connectivity index (χ1) is 13.4. The number of nitrogens with zero attached hydrogens (tertiary/aromatic N) is 3. The Morgan fingerprint density at radius 2 is 1.82 bits per heavy atom. The lowest BCUT2D eigenvalue weighted by Crippen LogP contribution is -2.33. The summed E-state index contributed by atoms with van der Waals surface area (Å²) in [5.41, 5.74) is -0.452. The van der Waals surface area contributed by atoms with E-state index in [0.29, 0.717) is 24.0 Å². The predicted molar refractivity (Wildman–Crippen MR) is 97.9 cm³/mol. The molecule has 0 radical (unpaired) electrons. The molecule has 0 unspecified atom stereocenters. The van der Waals surface area contributed by atoms with Gasteiger partial charge in [-0.05, 0) is 31.2 Å². The minimum Gasteiger partial charge on any atom is -0.368 e. The molecule has 2 heterocycles. The Balaban J connectivity index is 1.51. The fourth-order valence-corrected chi connectivity index (χ4v) is 2.42. The maximum absolute atomic E-state index is 13.5. The number of anilines is 2. The lowest BCUT2D eigenvalue weighted by Gasteiger charge is -2.11. The fourth-order valence-electron chi connectivity index (χ4n) is 2.42. The van der Waals surface area contributed by atoms with E-state index in [1.807, 2.05) is 29.1 Å². The molecule has 2 aromatic heterocycles. The number of halogens is 3. The van der Waals surface area contributed by atoms with Crippen molar-refractivity contribution in [1.82, 2.24) is 19.9 Å². The van der Waals surface area contributed by atoms with Crippen molar-refractivity contribution >= 4 is 17.5 Å². The topological polar surface area (TPSA) is 83.9 Å². The van der Waals surface area contributed by atoms with Crippen molar-refractivity contribution in [2.45, 2.75) is 6.92 Å². The van der Waals surface area contributed by atoms with Crippen molar-refractivity contribution in [3.63, 3.8) is 0 Å². The van der Waals surface area contributed by atoms with Crippen LogP contribution in [0.5, 0.6) is 0 Å². The van der Waals surface area contributed by atoms with Gasteiger partial charge in [-0.25, -0.2) is 27.9 Å². The summed E-state index contributed by atoms with van der Waals surface area (Å²) in [7, 11) is 0. The van der Waals surface area contributed by atoms with E-state index in [4.69, 9.17) is 0 Å². The smallest absolute Gasteiger partial charge is 0.319 e. The number of hydrogen-bond donors (Lipinski definition) is 3. The molecule has 0 saturated carbocycles. The molecule has 0 aliphatic rings. The van der Waals surface area contributed by atoms with Gasteiger partial charge in [0.05, 0.1) is 5.69 Å². The van der Waals surface area contributed by atoms with Crippen LogP contribution in [0.4, 0.5) is 29.5 Å². The van der Waals surface area contributed by atoms with Gasteiger partial charge in [0.1, 0.15) is 17.5 Å². The molecule has 28 heavy (non-hydrogen) atoms. The number of aromatic nitrogens is 3. The van der Waals surface area contributed by atoms with E-state index in [9.17, 15) is 18.0 Å². The third-order valence-electron chi connectivity index (χ3n) is 3.69. The molecule has 0 aliphatic heterocycles. The Labute approximate surface area is 158 Å². The highest BCUT2D eigenvalue weighted by Crippen LogP contribution is 2.19. The van der Waals surface area contributed by atoms with Crippen LogP contribution in [0, 0.1) is 24.4 Å². The zero-order valence-corrected chi connectivity index (χ0v) is 14.8. The highest BCUT2D eigenvalue weighted by atomic mass is 19.2. The monoisotopic (exact) mass is 390 g/mol. The van der Waals surface area contributed by atoms with Gasteiger partial charge >= 0.3 is 6.03 Å². The Hall–Kier alpha value is -3.56. The molecule has 0 fully saturated rings. The molecule has 0 bridgehead atoms. The second-order valence-electron chi connectivity index (χ2n) is 5.78. The van der Waals surface area contributed by atoms with Crippen LogP contribution in [-0.4, -0.2) is 33.7 Å². The van der Waals surface area contributed by atoms with Crippen LogP contribution in [0.3, 0.4) is 0 Å². The summed E-state index contributed by atoms with van der Waals surface area (Å²) in [4.78, 5) is 20.4. The number of carbonyl (C=O) groups excluding carboxylic acids is 1. The molecule has 146 valence electrons. The lowest BCUT2D eigenvalue weighted by atomic mass is 10.3. The number of aryl methyl sites for hydroxylation is 1. The van der Waals surface area contributed by atoms with Crippen molar-refractivity contribution in [3.05, 3.63) is 66.0 Å². The third kappa shape index (κ3) is 4.58. The minimum absolute atomic E-state index is 0.180. The Bertz CT molecular complexity index is 978. The van der Waals surface area contributed by atoms with Crippen molar-refractivity contribution < 1.29 is 18.0 Å². The number of carbonyl (C=O) groups is 1. The standard InChI is InChI=1S/C18H17F3N6O/c1-11-24-14(10-15(25-11)27-8-2-3-9-27)22-6-7-23-18(28)26-13-5-4-12(19)16(20)17(13)21/h2-5,8-10H,6-7H2,1H3,(H,22,24,25)(H2,23,26,28). The Morgan fingerprint density at radius 3 is 2.57 bits per heavy atom. The second kappa shape index (κ2) is 8.42. The minimum atomic E-state index is -1.64. The fraction of sp³-hybridized carbons (Fsp3) is 0.167. The molecule has 3 N–H and O–H groups in total. The maximum Gasteiger partial charge on any atom is 0.319 e. The van der Waals surface area contributed by atoms with Gasteiger partial charge in [-0.2, -0.15) is 0 Å². The Kier molecular flexibility index (Phi) is 5.78. The summed E-state index contributed by atoms with van der Waals surface area (Å²) in [5.74, 6) is -2.58. The van der Waals surface area contributed by atoms with Crippen LogP contribution in [-0.2, 0) is 0 Å². The summed E-state index contributed by atoms with van der Waals surface area (Å²) < 4.78 is 41.4. The molecule has 0 aliphatic carbocycles. The van der Waals surface area contributed by atoms with E-state index in [1.54, 1.807) is 13.0 Å². The van der Waals surface area contributed by atoms with E-state index >= 15 is 0 Å². The lowest BCUT2D eigenvalue weighted by molar-refractivity contribution is 0.252. The zero-order chi connectivity index (χ0) is 20.1. The molecular formula is C18H17F3N6O. The number of benzene rings is 1. The highest BCUT2D eigenvalue weighted by Gasteiger charge is 2.14. The number of hydrogen-bond acceptors (Lipinski definition) is 4. The van der Waals surface area contributed by atoms with Crippen molar-refractivity contribution in [3.8, 4) is 5.82 Å². The first-order valence-corrected chi connectivity index (χ1v) is 8.35. The van der Waals surface area contributed by atoms with E-state index in [0.717, 1.165) is 12.1 Å². The largest absolute Gasteiger partial charge is 0.368 e. The van der Waals surface area contributed by atoms with Gasteiger partial charge in [0.25, 0.3) is 0 Å². The number of rotatable bonds is 6. The van der Waals surface area contributed by atoms with Gasteiger partial charge in [-0.3, -0.25) is 0 Å². The average molecular weight is 390 g/mol. The third-order valence-corrected chi connectivity index (χ3v) is 3.69. The summed E-state index contributed by atoms with van der Waals surface area (Å²) >= 11 is 0. The highest BCUT2D eigenvalue weighted by molar-refractivity contribution is 5.89. The molecule has 7 nitrogen and oxygen atoms in total. The van der Waals surface area contributed by atoms with E-state index < -0.39 is 29.2 Å². The maximum atomic E-state index is 13.5. The SMILES string of the molecule is Cc1nc(NCCNC(=O)Nc2ccc(F)c(F)c2F)cc(-n2cccc2)n1. The van der Waals surface area contributed by atoms with Gasteiger partial charge in [0, 0.05) is 31.5 Å². The van der Waals surface area contributed by atoms with Crippen LogP contribution in [0.25, 0.3) is 5.82 Å². The number of urea groups is 1. The van der Waals surface area contributed by atoms with Crippen LogP contribution in [0.2, 0.25) is 0 Å². The van der Waals surface area contributed by atoms with Crippen molar-refractivity contribution in [2.75, 3.05) is 23.7 Å². The van der Waals surface area contributed by atoms with Gasteiger partial charge < -0.3 is 20.5 Å². The average Bonchev–Trinajstić information content (AvgIpc) is 3.20. The molecule has 0 saturated heterocycles. The van der Waals surface area contributed by atoms with Crippen LogP contribution in [0.1, 0.15) is 5.82 Å². The number of nitrogens with one attached hydrogen (secondary N) is 3. The first-order valence-electron chi connectivity index (χ1n) is 8.35. The van der Waals surface area contributed by atoms with Crippen LogP contribution >= 0.6 is 0 Å². The summed E-state index contributed by atoms with van der Waals surface area (Å²) in [6.45, 7) is 2.27. The van der Waals surface area contributed by atoms with Gasteiger partial charge in [-0.1, -0.05) is 0 Å². The molecular weight excluding hydrogens is 373 g/mol. The molecule has 0 spiro atoms. The normalized spacial score (nSPS) is 10.6. The predicted octanol–water partition coefficient (Wildman–Crippen LogP) is 3.23. The van der Waals surface area contributed by atoms with Gasteiger partial charge in [0.15, 0.2) is 17.5 Å². The van der Waals surface area contributed by atoms with E-state index in [1.165, 1.54) is 0 Å². The van der Waals surface area contributed by atoms with E-state index in [-0.39, 0.29) is 6.54 Å². The molecule has 1 aromatic carbocycles. The van der Waals surface area contributed by atoms with Crippen LogP contribution in [0.15, 0.2) is 42.7 Å². The molecule has 3 aromatic rings. The second-order valence-corrected chi connectivity index (χ2v) is 5.78. The van der Waals surface area contributed by atoms with E-state index in [2.05, 4.69) is 25.9 Å². The van der Waals surface area contributed by atoms with Gasteiger partial charge in [0.2, 0.25) is 0 Å². The summed E-state index contributed by atoms with van der Waals surface area (Å²) in [5, 5.41) is 7.65. The van der Waals surface area contributed by atoms with Crippen LogP contribution < -0.4 is 16.0 Å². The number of amides is 2. The first kappa shape index (κ1) is 19.2. The zero-order valence-electron chi connectivity index (χ0n) is 14.8. The molecule has 2 amide bonds. The molecule has 3 rings (SSSR count). The van der Waals surface area contributed by atoms with Crippen molar-refractivity contribution in [1.29, 1.82) is 0 Å². The van der Waals surface area contributed by atoms with Crippen molar-refractivity contribution in [2.24, 2.45) is 0 Å². The summed E-state index contributed by atoms with van der Waals surface area (Å²) in [6, 6.07) is 6.43.